The van der Waals surface area contributed by atoms with Crippen LogP contribution >= 0.6 is 0 Å². The minimum Gasteiger partial charge on any atom is -0.504 e. The van der Waals surface area contributed by atoms with Crippen LogP contribution < -0.4 is 10.1 Å². The lowest BCUT2D eigenvalue weighted by molar-refractivity contribution is -0.123. The maximum Gasteiger partial charge on any atom is 0.220 e. The first kappa shape index (κ1) is 24.4. The quantitative estimate of drug-likeness (QED) is 0.386. The second kappa shape index (κ2) is 11.5. The SMILES string of the molecule is COc1ccc([C@@H](O)[C@@H](CN2CCCC2)NC(=O)CCCCCC(C)(C)O)cc1O. The highest BCUT2D eigenvalue weighted by atomic mass is 16.5. The third-order valence-corrected chi connectivity index (χ3v) is 5.62. The van der Waals surface area contributed by atoms with E-state index in [0.29, 0.717) is 30.7 Å². The number of hydrogen-bond acceptors (Lipinski definition) is 6. The van der Waals surface area contributed by atoms with Gasteiger partial charge in [-0.3, -0.25) is 4.79 Å². The van der Waals surface area contributed by atoms with Crippen LogP contribution in [0.3, 0.4) is 0 Å². The van der Waals surface area contributed by atoms with Crippen molar-refractivity contribution in [3.8, 4) is 11.5 Å². The van der Waals surface area contributed by atoms with Gasteiger partial charge in [0.05, 0.1) is 18.8 Å². The normalized spacial score (nSPS) is 17.0. The van der Waals surface area contributed by atoms with Crippen LogP contribution in [0.25, 0.3) is 0 Å². The number of rotatable bonds is 12. The van der Waals surface area contributed by atoms with Crippen LogP contribution in [0.15, 0.2) is 18.2 Å². The maximum atomic E-state index is 12.5. The molecule has 4 N–H and O–H groups in total. The Balaban J connectivity index is 1.95. The van der Waals surface area contributed by atoms with E-state index in [-0.39, 0.29) is 11.7 Å². The number of phenols is 1. The fraction of sp³-hybridized carbons (Fsp3) is 0.696. The van der Waals surface area contributed by atoms with Crippen molar-refractivity contribution in [1.82, 2.24) is 10.2 Å². The third-order valence-electron chi connectivity index (χ3n) is 5.62. The second-order valence-corrected chi connectivity index (χ2v) is 8.93. The molecule has 2 rings (SSSR count). The van der Waals surface area contributed by atoms with Gasteiger partial charge in [-0.25, -0.2) is 0 Å². The third kappa shape index (κ3) is 8.13. The Bertz CT molecular complexity index is 668. The molecule has 1 aromatic carbocycles. The van der Waals surface area contributed by atoms with Gasteiger partial charge >= 0.3 is 0 Å². The number of aliphatic hydroxyl groups is 2. The number of hydrogen-bond donors (Lipinski definition) is 4. The molecule has 7 nitrogen and oxygen atoms in total. The van der Waals surface area contributed by atoms with Gasteiger partial charge in [-0.2, -0.15) is 0 Å². The minimum absolute atomic E-state index is 0.0351. The molecule has 7 heteroatoms. The van der Waals surface area contributed by atoms with E-state index < -0.39 is 17.7 Å². The number of aliphatic hydroxyl groups excluding tert-OH is 1. The molecule has 1 aliphatic rings. The van der Waals surface area contributed by atoms with Crippen LogP contribution in [-0.4, -0.2) is 64.5 Å². The van der Waals surface area contributed by atoms with Crippen molar-refractivity contribution in [2.24, 2.45) is 0 Å². The molecular formula is C23H38N2O5. The van der Waals surface area contributed by atoms with Gasteiger partial charge in [0, 0.05) is 13.0 Å². The Kier molecular flexibility index (Phi) is 9.39. The number of benzene rings is 1. The van der Waals surface area contributed by atoms with E-state index in [1.807, 2.05) is 0 Å². The number of phenolic OH excluding ortho intramolecular Hbond substituents is 1. The molecule has 0 bridgehead atoms. The first-order chi connectivity index (χ1) is 14.2. The molecule has 0 radical (unpaired) electrons. The van der Waals surface area contributed by atoms with Crippen LogP contribution in [0, 0.1) is 0 Å². The summed E-state index contributed by atoms with van der Waals surface area (Å²) < 4.78 is 5.07. The van der Waals surface area contributed by atoms with Crippen molar-refractivity contribution in [1.29, 1.82) is 0 Å². The first-order valence-corrected chi connectivity index (χ1v) is 11.0. The highest BCUT2D eigenvalue weighted by Crippen LogP contribution is 2.30. The molecule has 0 aliphatic carbocycles. The van der Waals surface area contributed by atoms with Gasteiger partial charge in [-0.1, -0.05) is 18.9 Å². The molecule has 170 valence electrons. The monoisotopic (exact) mass is 422 g/mol. The number of aromatic hydroxyl groups is 1. The van der Waals surface area contributed by atoms with Gasteiger partial charge < -0.3 is 30.3 Å². The number of carbonyl (C=O) groups excluding carboxylic acids is 1. The van der Waals surface area contributed by atoms with Gasteiger partial charge in [0.2, 0.25) is 5.91 Å². The summed E-state index contributed by atoms with van der Waals surface area (Å²) in [4.78, 5) is 14.8. The van der Waals surface area contributed by atoms with Gasteiger partial charge in [0.25, 0.3) is 0 Å². The number of carbonyl (C=O) groups is 1. The van der Waals surface area contributed by atoms with Gasteiger partial charge in [0.15, 0.2) is 11.5 Å². The first-order valence-electron chi connectivity index (χ1n) is 11.0. The molecule has 1 aromatic rings. The van der Waals surface area contributed by atoms with E-state index in [1.165, 1.54) is 13.2 Å². The minimum atomic E-state index is -0.929. The number of methoxy groups -OCH3 is 1. The van der Waals surface area contributed by atoms with E-state index in [4.69, 9.17) is 4.74 Å². The molecule has 2 atom stereocenters. The zero-order valence-corrected chi connectivity index (χ0v) is 18.6. The fourth-order valence-electron chi connectivity index (χ4n) is 3.89. The van der Waals surface area contributed by atoms with Crippen molar-refractivity contribution < 1.29 is 24.9 Å². The van der Waals surface area contributed by atoms with Gasteiger partial charge in [0.1, 0.15) is 6.10 Å². The lowest BCUT2D eigenvalue weighted by atomic mass is 9.99. The number of likely N-dealkylation sites (tertiary alicyclic amines) is 1. The van der Waals surface area contributed by atoms with E-state index in [2.05, 4.69) is 10.2 Å². The highest BCUT2D eigenvalue weighted by Gasteiger charge is 2.27. The van der Waals surface area contributed by atoms with E-state index >= 15 is 0 Å². The Hall–Kier alpha value is -1.83. The summed E-state index contributed by atoms with van der Waals surface area (Å²) in [6.45, 7) is 6.08. The summed E-state index contributed by atoms with van der Waals surface area (Å²) in [5.74, 6) is 0.225. The van der Waals surface area contributed by atoms with Crippen molar-refractivity contribution in [3.63, 3.8) is 0 Å². The largest absolute Gasteiger partial charge is 0.504 e. The molecule has 1 heterocycles. The average molecular weight is 423 g/mol. The predicted molar refractivity (Wildman–Crippen MR) is 117 cm³/mol. The number of nitrogens with zero attached hydrogens (tertiary/aromatic N) is 1. The van der Waals surface area contributed by atoms with Crippen molar-refractivity contribution in [3.05, 3.63) is 23.8 Å². The summed E-state index contributed by atoms with van der Waals surface area (Å²) >= 11 is 0. The Morgan fingerprint density at radius 1 is 1.23 bits per heavy atom. The summed E-state index contributed by atoms with van der Waals surface area (Å²) in [5, 5.41) is 33.8. The fourth-order valence-corrected chi connectivity index (χ4v) is 3.89. The lowest BCUT2D eigenvalue weighted by Gasteiger charge is -2.29. The smallest absolute Gasteiger partial charge is 0.220 e. The molecule has 1 fully saturated rings. The van der Waals surface area contributed by atoms with Crippen molar-refractivity contribution in [2.75, 3.05) is 26.7 Å². The summed E-state index contributed by atoms with van der Waals surface area (Å²) in [5.41, 5.74) is -0.125. The number of nitrogens with one attached hydrogen (secondary N) is 1. The highest BCUT2D eigenvalue weighted by molar-refractivity contribution is 5.76. The molecule has 1 aliphatic heterocycles. The molecule has 1 saturated heterocycles. The molecule has 0 saturated carbocycles. The average Bonchev–Trinajstić information content (AvgIpc) is 3.18. The van der Waals surface area contributed by atoms with Crippen LogP contribution in [0.2, 0.25) is 0 Å². The molecule has 0 aromatic heterocycles. The maximum absolute atomic E-state index is 12.5. The summed E-state index contributed by atoms with van der Waals surface area (Å²) in [7, 11) is 1.48. The number of amides is 1. The van der Waals surface area contributed by atoms with Crippen LogP contribution in [-0.2, 0) is 4.79 Å². The van der Waals surface area contributed by atoms with Gasteiger partial charge in [-0.05, 0) is 70.3 Å². The summed E-state index contributed by atoms with van der Waals surface area (Å²) in [6.07, 6.45) is 4.93. The van der Waals surface area contributed by atoms with Crippen LogP contribution in [0.4, 0.5) is 0 Å². The topological polar surface area (TPSA) is 102 Å². The Morgan fingerprint density at radius 2 is 1.93 bits per heavy atom. The molecule has 0 spiro atoms. The van der Waals surface area contributed by atoms with Crippen molar-refractivity contribution in [2.45, 2.75) is 76.5 Å². The van der Waals surface area contributed by atoms with E-state index in [0.717, 1.165) is 45.2 Å². The zero-order valence-electron chi connectivity index (χ0n) is 18.6. The van der Waals surface area contributed by atoms with Gasteiger partial charge in [-0.15, -0.1) is 0 Å². The molecular weight excluding hydrogens is 384 g/mol. The molecule has 1 amide bonds. The predicted octanol–water partition coefficient (Wildman–Crippen LogP) is 2.74. The Morgan fingerprint density at radius 3 is 2.53 bits per heavy atom. The van der Waals surface area contributed by atoms with Crippen LogP contribution in [0.1, 0.15) is 70.5 Å². The van der Waals surface area contributed by atoms with E-state index in [9.17, 15) is 20.1 Å². The Labute approximate surface area is 180 Å². The number of ether oxygens (including phenoxy) is 1. The lowest BCUT2D eigenvalue weighted by Crippen LogP contribution is -2.46. The van der Waals surface area contributed by atoms with E-state index in [1.54, 1.807) is 26.0 Å². The summed E-state index contributed by atoms with van der Waals surface area (Å²) in [6, 6.07) is 4.36. The zero-order chi connectivity index (χ0) is 22.1. The van der Waals surface area contributed by atoms with Crippen LogP contribution in [0.5, 0.6) is 11.5 Å². The standard InChI is InChI=1S/C23H38N2O5/c1-23(2,29)12-6-4-5-9-21(27)24-18(16-25-13-7-8-14-25)22(28)17-10-11-20(30-3)19(26)15-17/h10-11,15,18,22,26,28-29H,4-9,12-14,16H2,1-3H3,(H,24,27)/t18-,22-/m1/s1. The molecule has 30 heavy (non-hydrogen) atoms. The second-order valence-electron chi connectivity index (χ2n) is 8.93. The van der Waals surface area contributed by atoms with Crippen molar-refractivity contribution >= 4 is 5.91 Å². The molecule has 0 unspecified atom stereocenters. The number of unbranched alkanes of at least 4 members (excludes halogenated alkanes) is 2.